The van der Waals surface area contributed by atoms with E-state index in [0.717, 1.165) is 5.56 Å². The van der Waals surface area contributed by atoms with Crippen molar-refractivity contribution in [1.82, 2.24) is 4.98 Å². The molecule has 0 saturated heterocycles. The molecule has 0 amide bonds. The Balaban J connectivity index is 1.79. The monoisotopic (exact) mass is 263 g/mol. The van der Waals surface area contributed by atoms with Gasteiger partial charge >= 0.3 is 0 Å². The van der Waals surface area contributed by atoms with Gasteiger partial charge in [-0.2, -0.15) is 0 Å². The average molecular weight is 263 g/mol. The first-order valence-electron chi connectivity index (χ1n) is 6.41. The molecule has 1 aromatic heterocycles. The maximum atomic E-state index is 12.2. The third kappa shape index (κ3) is 2.67. The second-order valence-electron chi connectivity index (χ2n) is 4.48. The van der Waals surface area contributed by atoms with Crippen LogP contribution in [0.2, 0.25) is 0 Å². The molecule has 3 nitrogen and oxygen atoms in total. The summed E-state index contributed by atoms with van der Waals surface area (Å²) in [6.07, 6.45) is 2.01. The van der Waals surface area contributed by atoms with E-state index in [1.54, 1.807) is 12.1 Å². The highest BCUT2D eigenvalue weighted by atomic mass is 16.3. The molecule has 0 aliphatic rings. The summed E-state index contributed by atoms with van der Waals surface area (Å²) in [5.41, 5.74) is 2.07. The molecule has 1 heterocycles. The van der Waals surface area contributed by atoms with Gasteiger partial charge in [0.25, 0.3) is 0 Å². The standard InChI is InChI=1S/C17H13NO2/c19-17(14-9-5-2-6-10-14)15-12-20-16(18-15)11-13-7-3-1-4-8-13/h1-10,12H,11H2. The van der Waals surface area contributed by atoms with Crippen LogP contribution < -0.4 is 0 Å². The van der Waals surface area contributed by atoms with Crippen LogP contribution in [-0.4, -0.2) is 10.8 Å². The van der Waals surface area contributed by atoms with Crippen LogP contribution in [0.4, 0.5) is 0 Å². The maximum Gasteiger partial charge on any atom is 0.214 e. The van der Waals surface area contributed by atoms with Gasteiger partial charge in [-0.1, -0.05) is 60.7 Å². The Morgan fingerprint density at radius 3 is 2.30 bits per heavy atom. The summed E-state index contributed by atoms with van der Waals surface area (Å²) in [7, 11) is 0. The third-order valence-electron chi connectivity index (χ3n) is 3.02. The van der Waals surface area contributed by atoms with Crippen molar-refractivity contribution in [2.24, 2.45) is 0 Å². The number of benzene rings is 2. The van der Waals surface area contributed by atoms with Crippen molar-refractivity contribution in [3.05, 3.63) is 89.6 Å². The molecule has 0 bridgehead atoms. The number of aromatic nitrogens is 1. The molecular weight excluding hydrogens is 250 g/mol. The van der Waals surface area contributed by atoms with E-state index in [2.05, 4.69) is 4.98 Å². The molecule has 20 heavy (non-hydrogen) atoms. The first-order valence-corrected chi connectivity index (χ1v) is 6.41. The van der Waals surface area contributed by atoms with Gasteiger partial charge in [0.2, 0.25) is 5.78 Å². The van der Waals surface area contributed by atoms with Crippen LogP contribution in [0.3, 0.4) is 0 Å². The van der Waals surface area contributed by atoms with Crippen LogP contribution in [0, 0.1) is 0 Å². The summed E-state index contributed by atoms with van der Waals surface area (Å²) < 4.78 is 5.38. The van der Waals surface area contributed by atoms with Gasteiger partial charge in [0.15, 0.2) is 5.89 Å². The number of rotatable bonds is 4. The van der Waals surface area contributed by atoms with Gasteiger partial charge < -0.3 is 4.42 Å². The Morgan fingerprint density at radius 1 is 0.950 bits per heavy atom. The normalized spacial score (nSPS) is 10.4. The van der Waals surface area contributed by atoms with Crippen LogP contribution in [-0.2, 0) is 6.42 Å². The van der Waals surface area contributed by atoms with E-state index in [0.29, 0.717) is 23.6 Å². The molecular formula is C17H13NO2. The van der Waals surface area contributed by atoms with Crippen molar-refractivity contribution in [2.45, 2.75) is 6.42 Å². The van der Waals surface area contributed by atoms with Gasteiger partial charge in [0.05, 0.1) is 0 Å². The predicted molar refractivity (Wildman–Crippen MR) is 75.6 cm³/mol. The predicted octanol–water partition coefficient (Wildman–Crippen LogP) is 3.50. The summed E-state index contributed by atoms with van der Waals surface area (Å²) in [5.74, 6) is 0.434. The molecule has 3 heteroatoms. The van der Waals surface area contributed by atoms with E-state index >= 15 is 0 Å². The third-order valence-corrected chi connectivity index (χ3v) is 3.02. The second-order valence-corrected chi connectivity index (χ2v) is 4.48. The lowest BCUT2D eigenvalue weighted by molar-refractivity contribution is 0.103. The highest BCUT2D eigenvalue weighted by Gasteiger charge is 2.14. The molecule has 3 rings (SSSR count). The zero-order chi connectivity index (χ0) is 13.8. The Labute approximate surface area is 116 Å². The topological polar surface area (TPSA) is 43.1 Å². The minimum absolute atomic E-state index is 0.117. The second kappa shape index (κ2) is 5.53. The summed E-state index contributed by atoms with van der Waals surface area (Å²) in [5, 5.41) is 0. The van der Waals surface area contributed by atoms with Crippen molar-refractivity contribution in [2.75, 3.05) is 0 Å². The lowest BCUT2D eigenvalue weighted by Gasteiger charge is -1.96. The fourth-order valence-electron chi connectivity index (χ4n) is 2.00. The SMILES string of the molecule is O=C(c1ccccc1)c1coc(Cc2ccccc2)n1. The molecule has 0 atom stereocenters. The van der Waals surface area contributed by atoms with Crippen molar-refractivity contribution >= 4 is 5.78 Å². The van der Waals surface area contributed by atoms with Gasteiger partial charge in [-0.25, -0.2) is 4.98 Å². The van der Waals surface area contributed by atoms with E-state index in [1.165, 1.54) is 6.26 Å². The summed E-state index contributed by atoms with van der Waals surface area (Å²) in [4.78, 5) is 16.5. The Hall–Kier alpha value is -2.68. The minimum atomic E-state index is -0.117. The van der Waals surface area contributed by atoms with Gasteiger partial charge in [0.1, 0.15) is 12.0 Å². The molecule has 98 valence electrons. The lowest BCUT2D eigenvalue weighted by Crippen LogP contribution is -2.01. The number of carbonyl (C=O) groups is 1. The first-order chi connectivity index (χ1) is 9.83. The minimum Gasteiger partial charge on any atom is -0.448 e. The van der Waals surface area contributed by atoms with Gasteiger partial charge in [-0.15, -0.1) is 0 Å². The van der Waals surface area contributed by atoms with E-state index < -0.39 is 0 Å². The molecule has 0 unspecified atom stereocenters. The van der Waals surface area contributed by atoms with Crippen LogP contribution >= 0.6 is 0 Å². The number of hydrogen-bond acceptors (Lipinski definition) is 3. The maximum absolute atomic E-state index is 12.2. The fraction of sp³-hybridized carbons (Fsp3) is 0.0588. The quantitative estimate of drug-likeness (QED) is 0.677. The van der Waals surface area contributed by atoms with Crippen LogP contribution in [0.5, 0.6) is 0 Å². The molecule has 0 N–H and O–H groups in total. The highest BCUT2D eigenvalue weighted by Crippen LogP contribution is 2.12. The Kier molecular flexibility index (Phi) is 3.42. The zero-order valence-corrected chi connectivity index (χ0v) is 10.8. The molecule has 0 aliphatic carbocycles. The first kappa shape index (κ1) is 12.4. The van der Waals surface area contributed by atoms with E-state index in [9.17, 15) is 4.79 Å². The number of oxazole rings is 1. The Morgan fingerprint density at radius 2 is 1.60 bits per heavy atom. The van der Waals surface area contributed by atoms with E-state index in [4.69, 9.17) is 4.42 Å². The highest BCUT2D eigenvalue weighted by molar-refractivity contribution is 6.07. The van der Waals surface area contributed by atoms with Crippen molar-refractivity contribution in [1.29, 1.82) is 0 Å². The van der Waals surface area contributed by atoms with Crippen LogP contribution in [0.15, 0.2) is 71.3 Å². The van der Waals surface area contributed by atoms with E-state index in [-0.39, 0.29) is 5.78 Å². The van der Waals surface area contributed by atoms with Gasteiger partial charge in [-0.05, 0) is 5.56 Å². The largest absolute Gasteiger partial charge is 0.448 e. The molecule has 0 radical (unpaired) electrons. The lowest BCUT2D eigenvalue weighted by atomic mass is 10.1. The molecule has 0 saturated carbocycles. The summed E-state index contributed by atoms with van der Waals surface area (Å²) in [6, 6.07) is 19.0. The smallest absolute Gasteiger partial charge is 0.214 e. The molecule has 3 aromatic rings. The van der Waals surface area contributed by atoms with Gasteiger partial charge in [0, 0.05) is 12.0 Å². The number of hydrogen-bond donors (Lipinski definition) is 0. The Bertz CT molecular complexity index is 702. The van der Waals surface area contributed by atoms with Crippen molar-refractivity contribution < 1.29 is 9.21 Å². The van der Waals surface area contributed by atoms with Crippen LogP contribution in [0.1, 0.15) is 27.5 Å². The summed E-state index contributed by atoms with van der Waals surface area (Å²) in [6.45, 7) is 0. The fourth-order valence-corrected chi connectivity index (χ4v) is 2.00. The number of carbonyl (C=O) groups excluding carboxylic acids is 1. The number of ketones is 1. The van der Waals surface area contributed by atoms with Crippen molar-refractivity contribution in [3.8, 4) is 0 Å². The molecule has 0 aliphatic heterocycles. The molecule has 2 aromatic carbocycles. The average Bonchev–Trinajstić information content (AvgIpc) is 2.97. The molecule has 0 fully saturated rings. The van der Waals surface area contributed by atoms with Crippen molar-refractivity contribution in [3.63, 3.8) is 0 Å². The zero-order valence-electron chi connectivity index (χ0n) is 10.8. The van der Waals surface area contributed by atoms with Crippen LogP contribution in [0.25, 0.3) is 0 Å². The molecule has 0 spiro atoms. The number of nitrogens with zero attached hydrogens (tertiary/aromatic N) is 1. The van der Waals surface area contributed by atoms with E-state index in [1.807, 2.05) is 48.5 Å². The van der Waals surface area contributed by atoms with Gasteiger partial charge in [-0.3, -0.25) is 4.79 Å². The summed E-state index contributed by atoms with van der Waals surface area (Å²) >= 11 is 0.